The molecule has 0 saturated carbocycles. The van der Waals surface area contributed by atoms with Gasteiger partial charge in [0.2, 0.25) is 0 Å². The number of aryl methyl sites for hydroxylation is 1. The van der Waals surface area contributed by atoms with Gasteiger partial charge in [0.25, 0.3) is 0 Å². The van der Waals surface area contributed by atoms with Crippen molar-refractivity contribution in [2.45, 2.75) is 20.0 Å². The molecule has 0 unspecified atom stereocenters. The van der Waals surface area contributed by atoms with Crippen molar-refractivity contribution in [1.29, 1.82) is 5.26 Å². The Bertz CT molecular complexity index is 998. The minimum absolute atomic E-state index is 0.868. The second-order valence-electron chi connectivity index (χ2n) is 6.86. The van der Waals surface area contributed by atoms with Gasteiger partial charge in [-0.1, -0.05) is 49.5 Å². The van der Waals surface area contributed by atoms with Crippen molar-refractivity contribution in [3.63, 3.8) is 0 Å². The van der Waals surface area contributed by atoms with Crippen LogP contribution in [0.2, 0.25) is 13.1 Å². The molecule has 0 amide bonds. The minimum Gasteiger partial charge on any atom is -0.256 e. The fourth-order valence-electron chi connectivity index (χ4n) is 4.04. The number of aromatic nitrogens is 1. The van der Waals surface area contributed by atoms with E-state index < -0.39 is 8.07 Å². The summed E-state index contributed by atoms with van der Waals surface area (Å²) in [5.74, 6) is 0. The van der Waals surface area contributed by atoms with E-state index >= 15 is 0 Å². The zero-order valence-electron chi connectivity index (χ0n) is 14.1. The van der Waals surface area contributed by atoms with Crippen molar-refractivity contribution in [2.24, 2.45) is 0 Å². The van der Waals surface area contributed by atoms with Crippen LogP contribution >= 0.6 is 0 Å². The second-order valence-corrected chi connectivity index (χ2v) is 11.1. The van der Waals surface area contributed by atoms with Gasteiger partial charge in [-0.2, -0.15) is 5.26 Å². The Balaban J connectivity index is 2.09. The molecule has 3 aromatic rings. The average molecular weight is 326 g/mol. The number of pyridine rings is 1. The Labute approximate surface area is 143 Å². The monoisotopic (exact) mass is 326 g/mol. The Morgan fingerprint density at radius 3 is 2.33 bits per heavy atom. The lowest BCUT2D eigenvalue weighted by Crippen LogP contribution is -2.51. The van der Waals surface area contributed by atoms with E-state index in [2.05, 4.69) is 60.5 Å². The van der Waals surface area contributed by atoms with E-state index in [1.54, 1.807) is 0 Å². The summed E-state index contributed by atoms with van der Waals surface area (Å²) < 4.78 is 0. The molecule has 1 aliphatic rings. The number of hydrogen-bond acceptors (Lipinski definition) is 2. The standard InChI is InChI=1S/C21H18N2Si/c1-14-10-11-16-15-7-6-8-17(19-9-4-5-12-23-19)20(15)24(2,3)21(16)18(14)13-22/h4-12H,1-3H3. The average Bonchev–Trinajstić information content (AvgIpc) is 2.84. The van der Waals surface area contributed by atoms with Gasteiger partial charge in [-0.15, -0.1) is 0 Å². The van der Waals surface area contributed by atoms with Gasteiger partial charge in [0.05, 0.1) is 17.3 Å². The molecule has 0 fully saturated rings. The van der Waals surface area contributed by atoms with Gasteiger partial charge in [-0.25, -0.2) is 0 Å². The maximum atomic E-state index is 9.74. The van der Waals surface area contributed by atoms with Crippen molar-refractivity contribution in [3.8, 4) is 28.5 Å². The van der Waals surface area contributed by atoms with Crippen molar-refractivity contribution in [2.75, 3.05) is 0 Å². The number of nitrogens with zero attached hydrogens (tertiary/aromatic N) is 2. The van der Waals surface area contributed by atoms with Crippen LogP contribution in [0.25, 0.3) is 22.4 Å². The first-order valence-electron chi connectivity index (χ1n) is 8.15. The first kappa shape index (κ1) is 14.9. The molecule has 1 aliphatic heterocycles. The summed E-state index contributed by atoms with van der Waals surface area (Å²) in [5.41, 5.74) is 6.68. The SMILES string of the molecule is Cc1ccc2c(c1C#N)[Si](C)(C)c1c(-c3ccccn3)cccc1-2. The fraction of sp³-hybridized carbons (Fsp3) is 0.143. The van der Waals surface area contributed by atoms with Crippen LogP contribution in [0.5, 0.6) is 0 Å². The molecule has 2 heterocycles. The number of fused-ring (bicyclic) bond motifs is 3. The molecule has 3 heteroatoms. The maximum absolute atomic E-state index is 9.74. The van der Waals surface area contributed by atoms with E-state index in [-0.39, 0.29) is 0 Å². The van der Waals surface area contributed by atoms with Crippen molar-refractivity contribution < 1.29 is 0 Å². The third-order valence-electron chi connectivity index (χ3n) is 5.07. The predicted molar refractivity (Wildman–Crippen MR) is 101 cm³/mol. The van der Waals surface area contributed by atoms with Gasteiger partial charge in [0, 0.05) is 11.8 Å². The van der Waals surface area contributed by atoms with E-state index in [1.165, 1.54) is 27.1 Å². The normalized spacial score (nSPS) is 13.9. The van der Waals surface area contributed by atoms with Gasteiger partial charge in [0.1, 0.15) is 8.07 Å². The molecule has 0 atom stereocenters. The van der Waals surface area contributed by atoms with Crippen LogP contribution in [-0.2, 0) is 0 Å². The van der Waals surface area contributed by atoms with Crippen LogP contribution in [0, 0.1) is 18.3 Å². The number of nitriles is 1. The molecule has 4 rings (SSSR count). The zero-order chi connectivity index (χ0) is 16.9. The van der Waals surface area contributed by atoms with Crippen LogP contribution < -0.4 is 10.4 Å². The van der Waals surface area contributed by atoms with E-state index in [4.69, 9.17) is 0 Å². The highest BCUT2D eigenvalue weighted by Crippen LogP contribution is 2.34. The fourth-order valence-corrected chi connectivity index (χ4v) is 7.83. The van der Waals surface area contributed by atoms with E-state index in [0.29, 0.717) is 0 Å². The highest BCUT2D eigenvalue weighted by Gasteiger charge is 2.41. The third kappa shape index (κ3) is 1.90. The first-order valence-corrected chi connectivity index (χ1v) is 11.1. The molecule has 2 aromatic carbocycles. The quantitative estimate of drug-likeness (QED) is 0.639. The van der Waals surface area contributed by atoms with Crippen LogP contribution in [0.1, 0.15) is 11.1 Å². The summed E-state index contributed by atoms with van der Waals surface area (Å²) in [7, 11) is -1.97. The summed E-state index contributed by atoms with van der Waals surface area (Å²) in [5, 5.41) is 12.4. The molecule has 0 spiro atoms. The van der Waals surface area contributed by atoms with Gasteiger partial charge < -0.3 is 0 Å². The molecule has 0 radical (unpaired) electrons. The van der Waals surface area contributed by atoms with Gasteiger partial charge >= 0.3 is 0 Å². The largest absolute Gasteiger partial charge is 0.256 e. The van der Waals surface area contributed by atoms with E-state index in [9.17, 15) is 5.26 Å². The Morgan fingerprint density at radius 2 is 1.62 bits per heavy atom. The molecule has 0 saturated heterocycles. The lowest BCUT2D eigenvalue weighted by atomic mass is 9.98. The summed E-state index contributed by atoms with van der Waals surface area (Å²) in [6, 6.07) is 19.2. The van der Waals surface area contributed by atoms with Crippen molar-refractivity contribution in [3.05, 3.63) is 65.9 Å². The first-order chi connectivity index (χ1) is 11.6. The van der Waals surface area contributed by atoms with Crippen LogP contribution in [0.4, 0.5) is 0 Å². The lowest BCUT2D eigenvalue weighted by Gasteiger charge is -2.23. The van der Waals surface area contributed by atoms with E-state index in [1.807, 2.05) is 25.3 Å². The van der Waals surface area contributed by atoms with Crippen LogP contribution in [-0.4, -0.2) is 13.1 Å². The zero-order valence-corrected chi connectivity index (χ0v) is 15.1. The highest BCUT2D eigenvalue weighted by molar-refractivity contribution is 7.05. The van der Waals surface area contributed by atoms with Crippen molar-refractivity contribution >= 4 is 18.4 Å². The molecule has 1 aromatic heterocycles. The molecule has 0 N–H and O–H groups in total. The molecule has 0 bridgehead atoms. The third-order valence-corrected chi connectivity index (χ3v) is 8.63. The Hall–Kier alpha value is -2.70. The topological polar surface area (TPSA) is 36.7 Å². The Morgan fingerprint density at radius 1 is 0.875 bits per heavy atom. The predicted octanol–water partition coefficient (Wildman–Crippen LogP) is 3.73. The number of hydrogen-bond donors (Lipinski definition) is 0. The summed E-state index contributed by atoms with van der Waals surface area (Å²) in [6.07, 6.45) is 1.84. The summed E-state index contributed by atoms with van der Waals surface area (Å²) in [4.78, 5) is 4.57. The summed E-state index contributed by atoms with van der Waals surface area (Å²) in [6.45, 7) is 6.74. The van der Waals surface area contributed by atoms with E-state index in [0.717, 1.165) is 16.8 Å². The summed E-state index contributed by atoms with van der Waals surface area (Å²) >= 11 is 0. The minimum atomic E-state index is -1.97. The molecular formula is C21H18N2Si. The van der Waals surface area contributed by atoms with Gasteiger partial charge in [-0.3, -0.25) is 4.98 Å². The van der Waals surface area contributed by atoms with Gasteiger partial charge in [0.15, 0.2) is 0 Å². The second kappa shape index (κ2) is 5.15. The molecule has 116 valence electrons. The van der Waals surface area contributed by atoms with Crippen LogP contribution in [0.3, 0.4) is 0 Å². The number of rotatable bonds is 1. The molecular weight excluding hydrogens is 308 g/mol. The smallest absolute Gasteiger partial charge is 0.116 e. The molecule has 0 aliphatic carbocycles. The lowest BCUT2D eigenvalue weighted by molar-refractivity contribution is 1.33. The highest BCUT2D eigenvalue weighted by atomic mass is 28.3. The van der Waals surface area contributed by atoms with Crippen molar-refractivity contribution in [1.82, 2.24) is 4.98 Å². The maximum Gasteiger partial charge on any atom is 0.116 e. The van der Waals surface area contributed by atoms with Gasteiger partial charge in [-0.05, 0) is 46.1 Å². The van der Waals surface area contributed by atoms with Crippen LogP contribution in [0.15, 0.2) is 54.7 Å². The molecule has 2 nitrogen and oxygen atoms in total. The molecule has 24 heavy (non-hydrogen) atoms. The Kier molecular flexibility index (Phi) is 3.19. The number of benzene rings is 2.